The van der Waals surface area contributed by atoms with E-state index in [1.165, 1.54) is 0 Å². The second-order valence-electron chi connectivity index (χ2n) is 15.5. The van der Waals surface area contributed by atoms with Crippen LogP contribution in [-0.4, -0.2) is 96.0 Å². The molecule has 1 aromatic heterocycles. The smallest absolute Gasteiger partial charge is 0.415 e. The number of amides is 4. The number of nitrogens with two attached hydrogens (primary N) is 1. The van der Waals surface area contributed by atoms with Gasteiger partial charge in [-0.2, -0.15) is 0 Å². The number of nitrogens with zero attached hydrogens (tertiary/aromatic N) is 3. The quantitative estimate of drug-likeness (QED) is 0.133. The van der Waals surface area contributed by atoms with E-state index in [1.807, 2.05) is 31.3 Å². The molecule has 0 radical (unpaired) electrons. The molecular formula is C43H47N7O7. The summed E-state index contributed by atoms with van der Waals surface area (Å²) in [5, 5.41) is 8.11. The van der Waals surface area contributed by atoms with Crippen LogP contribution < -0.4 is 26.0 Å². The molecule has 296 valence electrons. The van der Waals surface area contributed by atoms with Gasteiger partial charge in [-0.05, 0) is 100 Å². The highest BCUT2D eigenvalue weighted by Crippen LogP contribution is 2.41. The number of esters is 1. The highest BCUT2D eigenvalue weighted by molar-refractivity contribution is 6.12. The first-order valence-electron chi connectivity index (χ1n) is 19.1. The third kappa shape index (κ3) is 8.92. The number of H-pyrrole nitrogens is 1. The van der Waals surface area contributed by atoms with E-state index in [2.05, 4.69) is 20.5 Å². The highest BCUT2D eigenvalue weighted by Gasteiger charge is 2.31. The molecule has 4 aromatic carbocycles. The van der Waals surface area contributed by atoms with E-state index >= 15 is 0 Å². The van der Waals surface area contributed by atoms with Gasteiger partial charge in [0.05, 0.1) is 11.7 Å². The molecule has 1 atom stereocenters. The highest BCUT2D eigenvalue weighted by atomic mass is 16.6. The van der Waals surface area contributed by atoms with Crippen molar-refractivity contribution in [3.8, 4) is 5.75 Å². The second-order valence-corrected chi connectivity index (χ2v) is 15.5. The van der Waals surface area contributed by atoms with Crippen molar-refractivity contribution in [3.63, 3.8) is 0 Å². The Hall–Kier alpha value is -6.25. The van der Waals surface area contributed by atoms with Gasteiger partial charge in [0.1, 0.15) is 17.0 Å². The first kappa shape index (κ1) is 39.0. The first-order chi connectivity index (χ1) is 27.2. The summed E-state index contributed by atoms with van der Waals surface area (Å²) < 4.78 is 11.3. The van der Waals surface area contributed by atoms with Gasteiger partial charge in [0.25, 0.3) is 11.8 Å². The molecule has 14 heteroatoms. The third-order valence-electron chi connectivity index (χ3n) is 10.1. The Morgan fingerprint density at radius 2 is 1.54 bits per heavy atom. The fourth-order valence-electron chi connectivity index (χ4n) is 7.09. The van der Waals surface area contributed by atoms with Gasteiger partial charge in [0.2, 0.25) is 5.91 Å². The van der Waals surface area contributed by atoms with Crippen molar-refractivity contribution >= 4 is 68.5 Å². The SMILES string of the molecule is CN1CCN(C(=O)Oc2cc3c(c4ccccc24)CCN3C(=O)c2cc3cc(NC(=O)c4ccc(NC(=O)C(N)CCC(=O)OC(C)(C)C)cc4)ccc3[nH]2)CC1. The number of aromatic nitrogens is 1. The summed E-state index contributed by atoms with van der Waals surface area (Å²) in [6.45, 7) is 8.49. The molecule has 2 aliphatic heterocycles. The monoisotopic (exact) mass is 773 g/mol. The van der Waals surface area contributed by atoms with Crippen LogP contribution in [0, 0.1) is 0 Å². The molecule has 1 fully saturated rings. The Kier molecular flexibility index (Phi) is 11.0. The van der Waals surface area contributed by atoms with Gasteiger partial charge >= 0.3 is 12.1 Å². The molecule has 4 amide bonds. The van der Waals surface area contributed by atoms with Gasteiger partial charge in [-0.1, -0.05) is 24.3 Å². The summed E-state index contributed by atoms with van der Waals surface area (Å²) in [5.41, 5.74) is 9.55. The van der Waals surface area contributed by atoms with Crippen molar-refractivity contribution in [1.82, 2.24) is 14.8 Å². The van der Waals surface area contributed by atoms with E-state index < -0.39 is 29.6 Å². The molecule has 1 saturated heterocycles. The molecule has 0 aliphatic carbocycles. The number of hydrogen-bond acceptors (Lipinski definition) is 9. The molecule has 0 saturated carbocycles. The van der Waals surface area contributed by atoms with Crippen molar-refractivity contribution in [2.24, 2.45) is 5.73 Å². The minimum absolute atomic E-state index is 0.0141. The number of hydrogen-bond donors (Lipinski definition) is 4. The minimum atomic E-state index is -0.914. The zero-order valence-electron chi connectivity index (χ0n) is 32.5. The van der Waals surface area contributed by atoms with Gasteiger partial charge < -0.3 is 45.5 Å². The molecule has 0 bridgehead atoms. The van der Waals surface area contributed by atoms with Crippen LogP contribution in [0.2, 0.25) is 0 Å². The number of benzene rings is 4. The number of ether oxygens (including phenoxy) is 2. The minimum Gasteiger partial charge on any atom is -0.460 e. The molecule has 3 heterocycles. The summed E-state index contributed by atoms with van der Waals surface area (Å²) >= 11 is 0. The molecular weight excluding hydrogens is 727 g/mol. The first-order valence-corrected chi connectivity index (χ1v) is 19.1. The van der Waals surface area contributed by atoms with Gasteiger partial charge in [-0.15, -0.1) is 0 Å². The summed E-state index contributed by atoms with van der Waals surface area (Å²) in [7, 11) is 2.03. The van der Waals surface area contributed by atoms with Crippen LogP contribution in [-0.2, 0) is 20.7 Å². The Morgan fingerprint density at radius 3 is 2.26 bits per heavy atom. The fraction of sp³-hybridized carbons (Fsp3) is 0.326. The van der Waals surface area contributed by atoms with E-state index in [-0.39, 0.29) is 24.7 Å². The van der Waals surface area contributed by atoms with Crippen LogP contribution in [0.5, 0.6) is 5.75 Å². The van der Waals surface area contributed by atoms with Crippen molar-refractivity contribution < 1.29 is 33.4 Å². The predicted octanol–water partition coefficient (Wildman–Crippen LogP) is 5.91. The number of carbonyl (C=O) groups is 5. The lowest BCUT2D eigenvalue weighted by Crippen LogP contribution is -2.48. The lowest BCUT2D eigenvalue weighted by Gasteiger charge is -2.31. The van der Waals surface area contributed by atoms with Crippen molar-refractivity contribution in [2.45, 2.75) is 51.7 Å². The Morgan fingerprint density at radius 1 is 0.842 bits per heavy atom. The van der Waals surface area contributed by atoms with Crippen LogP contribution in [0.25, 0.3) is 21.7 Å². The van der Waals surface area contributed by atoms with E-state index in [0.29, 0.717) is 60.1 Å². The maximum Gasteiger partial charge on any atom is 0.415 e. The fourth-order valence-corrected chi connectivity index (χ4v) is 7.09. The maximum atomic E-state index is 14.1. The van der Waals surface area contributed by atoms with E-state index in [0.717, 1.165) is 40.3 Å². The lowest BCUT2D eigenvalue weighted by molar-refractivity contribution is -0.155. The van der Waals surface area contributed by atoms with Gasteiger partial charge in [-0.25, -0.2) is 4.79 Å². The van der Waals surface area contributed by atoms with Gasteiger partial charge in [-0.3, -0.25) is 19.2 Å². The van der Waals surface area contributed by atoms with Crippen molar-refractivity contribution in [3.05, 3.63) is 95.7 Å². The number of rotatable bonds is 9. The Bertz CT molecular complexity index is 2360. The topological polar surface area (TPSA) is 179 Å². The second kappa shape index (κ2) is 16.1. The molecule has 1 unspecified atom stereocenters. The summed E-state index contributed by atoms with van der Waals surface area (Å²) in [6.07, 6.45) is 0.392. The zero-order valence-corrected chi connectivity index (χ0v) is 32.5. The summed E-state index contributed by atoms with van der Waals surface area (Å²) in [6, 6.07) is 22.1. The molecule has 5 N–H and O–H groups in total. The number of aromatic amines is 1. The third-order valence-corrected chi connectivity index (χ3v) is 10.1. The molecule has 2 aliphatic rings. The van der Waals surface area contributed by atoms with Crippen LogP contribution in [0.15, 0.2) is 78.9 Å². The van der Waals surface area contributed by atoms with E-state index in [9.17, 15) is 24.0 Å². The summed E-state index contributed by atoms with van der Waals surface area (Å²) in [4.78, 5) is 73.8. The number of fused-ring (bicyclic) bond motifs is 4. The molecule has 0 spiro atoms. The average molecular weight is 774 g/mol. The van der Waals surface area contributed by atoms with Gasteiger partial charge in [0, 0.05) is 78.4 Å². The van der Waals surface area contributed by atoms with E-state index in [1.54, 1.807) is 85.2 Å². The molecule has 14 nitrogen and oxygen atoms in total. The number of likely N-dealkylation sites (N-methyl/N-ethyl adjacent to an activating group) is 1. The van der Waals surface area contributed by atoms with Crippen molar-refractivity contribution in [1.29, 1.82) is 0 Å². The number of nitrogens with one attached hydrogen (secondary N) is 3. The van der Waals surface area contributed by atoms with Crippen LogP contribution >= 0.6 is 0 Å². The van der Waals surface area contributed by atoms with Crippen LogP contribution in [0.4, 0.5) is 21.9 Å². The van der Waals surface area contributed by atoms with Crippen molar-refractivity contribution in [2.75, 3.05) is 55.3 Å². The molecule has 7 rings (SSSR count). The molecule has 5 aromatic rings. The summed E-state index contributed by atoms with van der Waals surface area (Å²) in [5.74, 6) is -1.05. The van der Waals surface area contributed by atoms with E-state index in [4.69, 9.17) is 15.2 Å². The molecule has 57 heavy (non-hydrogen) atoms. The number of piperazine rings is 1. The maximum absolute atomic E-state index is 14.1. The zero-order chi connectivity index (χ0) is 40.4. The van der Waals surface area contributed by atoms with Crippen LogP contribution in [0.1, 0.15) is 60.0 Å². The average Bonchev–Trinajstić information content (AvgIpc) is 3.81. The van der Waals surface area contributed by atoms with Crippen LogP contribution in [0.3, 0.4) is 0 Å². The number of anilines is 3. The lowest BCUT2D eigenvalue weighted by atomic mass is 10.0. The largest absolute Gasteiger partial charge is 0.460 e. The van der Waals surface area contributed by atoms with Gasteiger partial charge in [0.15, 0.2) is 0 Å². The predicted molar refractivity (Wildman–Crippen MR) is 219 cm³/mol. The standard InChI is InChI=1S/C43H47N7O7/c1-43(2,3)57-38(51)16-14-33(44)40(53)45-28-11-9-26(10-12-28)39(52)46-29-13-15-34-27(23-29)24-35(47-34)41(54)50-18-17-31-30-7-5-6-8-32(30)37(25-36(31)50)56-42(55)49-21-19-48(4)20-22-49/h5-13,15,23-25,33,47H,14,16-22,44H2,1-4H3,(H,45,53)(H,46,52). The number of carbonyl (C=O) groups excluding carboxylic acids is 5. The Labute approximate surface area is 330 Å². The normalized spacial score (nSPS) is 15.0. The Balaban J connectivity index is 0.999.